The van der Waals surface area contributed by atoms with Crippen LogP contribution < -0.4 is 5.56 Å². The van der Waals surface area contributed by atoms with E-state index in [0.717, 1.165) is 12.8 Å². The summed E-state index contributed by atoms with van der Waals surface area (Å²) in [7, 11) is 3.16. The van der Waals surface area contributed by atoms with E-state index in [2.05, 4.69) is 0 Å². The zero-order valence-electron chi connectivity index (χ0n) is 23.2. The van der Waals surface area contributed by atoms with Crippen molar-refractivity contribution in [1.82, 2.24) is 19.3 Å². The summed E-state index contributed by atoms with van der Waals surface area (Å²) in [5.74, 6) is -2.60. The number of fused-ring (bicyclic) bond motifs is 3. The van der Waals surface area contributed by atoms with E-state index in [1.54, 1.807) is 17.1 Å². The van der Waals surface area contributed by atoms with Gasteiger partial charge in [0.2, 0.25) is 0 Å². The first-order valence-electron chi connectivity index (χ1n) is 13.9. The number of halogens is 2. The molecule has 2 amide bonds. The zero-order valence-corrected chi connectivity index (χ0v) is 23.9. The predicted molar refractivity (Wildman–Crippen MR) is 150 cm³/mol. The van der Waals surface area contributed by atoms with E-state index in [0.29, 0.717) is 23.1 Å². The Bertz CT molecular complexity index is 1630. The Morgan fingerprint density at radius 3 is 2.64 bits per heavy atom. The number of nitrogens with zero attached hydrogens (tertiary/aromatic N) is 4. The number of hydrogen-bond donors (Lipinski definition) is 1. The molecule has 1 N–H and O–H groups in total. The Hall–Kier alpha value is -4.12. The average molecular weight is 597 g/mol. The fraction of sp³-hybridized carbons (Fsp3) is 0.400. The third-order valence-corrected chi connectivity index (χ3v) is 8.87. The Kier molecular flexibility index (Phi) is 7.08. The van der Waals surface area contributed by atoms with Gasteiger partial charge >= 0.3 is 5.97 Å². The number of benzene rings is 1. The fourth-order valence-corrected chi connectivity index (χ4v) is 6.55. The van der Waals surface area contributed by atoms with Crippen LogP contribution in [0, 0.1) is 11.7 Å². The molecule has 220 valence electrons. The number of aromatic hydroxyl groups is 1. The third kappa shape index (κ3) is 4.56. The summed E-state index contributed by atoms with van der Waals surface area (Å²) < 4.78 is 20.0. The van der Waals surface area contributed by atoms with Crippen LogP contribution in [0.25, 0.3) is 0 Å². The molecule has 10 nitrogen and oxygen atoms in total. The molecule has 0 spiro atoms. The maximum absolute atomic E-state index is 14.0. The number of amides is 2. The first kappa shape index (κ1) is 28.0. The lowest BCUT2D eigenvalue weighted by atomic mass is 9.95. The molecule has 2 unspecified atom stereocenters. The molecule has 2 aromatic rings. The van der Waals surface area contributed by atoms with Crippen molar-refractivity contribution in [2.24, 2.45) is 5.92 Å². The highest BCUT2D eigenvalue weighted by Gasteiger charge is 2.49. The van der Waals surface area contributed by atoms with Gasteiger partial charge in [-0.3, -0.25) is 19.0 Å². The summed E-state index contributed by atoms with van der Waals surface area (Å²) in [5.41, 5.74) is 0.622. The van der Waals surface area contributed by atoms with Crippen molar-refractivity contribution >= 4 is 29.4 Å². The van der Waals surface area contributed by atoms with Gasteiger partial charge in [-0.15, -0.1) is 0 Å². The molecule has 3 aliphatic heterocycles. The number of esters is 1. The van der Waals surface area contributed by atoms with Crippen molar-refractivity contribution < 1.29 is 28.6 Å². The fourth-order valence-electron chi connectivity index (χ4n) is 6.35. The number of carbonyl (C=O) groups is 3. The lowest BCUT2D eigenvalue weighted by Crippen LogP contribution is -2.40. The molecule has 4 heterocycles. The largest absolute Gasteiger partial charge is 0.502 e. The molecule has 12 heteroatoms. The van der Waals surface area contributed by atoms with Gasteiger partial charge in [-0.05, 0) is 67.6 Å². The molecule has 1 saturated carbocycles. The predicted octanol–water partition coefficient (Wildman–Crippen LogP) is 3.23. The number of hydrogen-bond acceptors (Lipinski definition) is 7. The minimum absolute atomic E-state index is 0.0453. The second-order valence-electron chi connectivity index (χ2n) is 11.1. The van der Waals surface area contributed by atoms with Crippen LogP contribution in [0.4, 0.5) is 4.39 Å². The summed E-state index contributed by atoms with van der Waals surface area (Å²) in [5, 5.41) is 11.0. The van der Waals surface area contributed by atoms with Gasteiger partial charge in [-0.1, -0.05) is 17.7 Å². The highest BCUT2D eigenvalue weighted by Crippen LogP contribution is 2.47. The molecule has 4 aliphatic rings. The van der Waals surface area contributed by atoms with Gasteiger partial charge in [0.25, 0.3) is 17.4 Å². The molecular formula is C30H30ClFN4O6. The Morgan fingerprint density at radius 1 is 1.19 bits per heavy atom. The maximum atomic E-state index is 14.0. The minimum Gasteiger partial charge on any atom is -0.502 e. The smallest absolute Gasteiger partial charge is 0.335 e. The molecule has 1 aromatic carbocycles. The number of carbonyl (C=O) groups excluding carboxylic acids is 3. The Morgan fingerprint density at radius 2 is 1.95 bits per heavy atom. The summed E-state index contributed by atoms with van der Waals surface area (Å²) in [6, 6.07) is 3.82. The molecule has 2 atom stereocenters. The Balaban J connectivity index is 1.32. The minimum atomic E-state index is -0.774. The van der Waals surface area contributed by atoms with E-state index in [4.69, 9.17) is 16.3 Å². The van der Waals surface area contributed by atoms with Gasteiger partial charge in [0.05, 0.1) is 29.3 Å². The number of pyridine rings is 1. The van der Waals surface area contributed by atoms with Gasteiger partial charge < -0.3 is 24.5 Å². The van der Waals surface area contributed by atoms with Crippen LogP contribution in [0.3, 0.4) is 0 Å². The molecule has 0 saturated heterocycles. The number of methoxy groups -OCH3 is 1. The van der Waals surface area contributed by atoms with Crippen LogP contribution in [-0.2, 0) is 22.5 Å². The van der Waals surface area contributed by atoms with E-state index in [9.17, 15) is 28.7 Å². The van der Waals surface area contributed by atoms with E-state index in [1.807, 2.05) is 18.1 Å². The lowest BCUT2D eigenvalue weighted by molar-refractivity contribution is -0.136. The molecule has 1 aliphatic carbocycles. The van der Waals surface area contributed by atoms with Crippen molar-refractivity contribution in [3.05, 3.63) is 85.7 Å². The first-order valence-corrected chi connectivity index (χ1v) is 14.2. The topological polar surface area (TPSA) is 112 Å². The SMILES string of the molecule is COC(=O)C1=CC=CN(C)C1CCN1C(=O)c2c3c(c(O)c(=O)n2C1C1CC1)C(=O)N(Cc1ccc(F)c(Cl)c1)CC3. The number of aromatic nitrogens is 1. The molecule has 6 rings (SSSR count). The van der Waals surface area contributed by atoms with Gasteiger partial charge in [-0.25, -0.2) is 9.18 Å². The number of rotatable bonds is 7. The first-order chi connectivity index (χ1) is 20.1. The quantitative estimate of drug-likeness (QED) is 0.489. The van der Waals surface area contributed by atoms with Gasteiger partial charge in [0.15, 0.2) is 5.75 Å². The Labute approximate surface area is 246 Å². The van der Waals surface area contributed by atoms with Crippen LogP contribution in [0.1, 0.15) is 57.4 Å². The van der Waals surface area contributed by atoms with Gasteiger partial charge in [0, 0.05) is 32.2 Å². The summed E-state index contributed by atoms with van der Waals surface area (Å²) in [4.78, 5) is 58.6. The summed E-state index contributed by atoms with van der Waals surface area (Å²) in [6.45, 7) is 0.582. The van der Waals surface area contributed by atoms with E-state index in [1.165, 1.54) is 34.8 Å². The van der Waals surface area contributed by atoms with Gasteiger partial charge in [-0.2, -0.15) is 0 Å². The zero-order chi connectivity index (χ0) is 29.9. The second kappa shape index (κ2) is 10.6. The normalized spacial score (nSPS) is 21.4. The highest BCUT2D eigenvalue weighted by atomic mass is 35.5. The van der Waals surface area contributed by atoms with Crippen molar-refractivity contribution in [3.8, 4) is 5.75 Å². The highest BCUT2D eigenvalue weighted by molar-refractivity contribution is 6.30. The number of likely N-dealkylation sites (N-methyl/N-ethyl adjacent to an activating group) is 1. The maximum Gasteiger partial charge on any atom is 0.335 e. The molecule has 0 radical (unpaired) electrons. The standard InChI is InChI=1S/C30H30ClFN4O6/c1-33-11-3-4-18(30(41)42-2)22(33)10-13-35-26(17-6-7-17)36-24(28(35)39)19-9-12-34(27(38)23(19)25(37)29(36)40)15-16-5-8-21(32)20(31)14-16/h3-5,8,11,14,17,22,26,37H,6-7,9-10,12-13,15H2,1-2H3. The van der Waals surface area contributed by atoms with Crippen LogP contribution in [0.5, 0.6) is 5.75 Å². The van der Waals surface area contributed by atoms with Crippen molar-refractivity contribution in [3.63, 3.8) is 0 Å². The molecule has 1 fully saturated rings. The van der Waals surface area contributed by atoms with E-state index >= 15 is 0 Å². The van der Waals surface area contributed by atoms with Crippen molar-refractivity contribution in [2.45, 2.75) is 44.4 Å². The molecular weight excluding hydrogens is 567 g/mol. The van der Waals surface area contributed by atoms with Crippen LogP contribution in [-0.4, -0.2) is 75.4 Å². The monoisotopic (exact) mass is 596 g/mol. The van der Waals surface area contributed by atoms with E-state index < -0.39 is 35.2 Å². The molecule has 42 heavy (non-hydrogen) atoms. The molecule has 0 bridgehead atoms. The second-order valence-corrected chi connectivity index (χ2v) is 11.5. The average Bonchev–Trinajstić information content (AvgIpc) is 3.77. The third-order valence-electron chi connectivity index (χ3n) is 8.58. The van der Waals surface area contributed by atoms with Crippen molar-refractivity contribution in [2.75, 3.05) is 27.2 Å². The van der Waals surface area contributed by atoms with Crippen LogP contribution in [0.15, 0.2) is 46.9 Å². The summed E-state index contributed by atoms with van der Waals surface area (Å²) >= 11 is 5.91. The van der Waals surface area contributed by atoms with E-state index in [-0.39, 0.29) is 60.2 Å². The molecule has 1 aromatic heterocycles. The van der Waals surface area contributed by atoms with Crippen LogP contribution >= 0.6 is 11.6 Å². The van der Waals surface area contributed by atoms with Gasteiger partial charge in [0.1, 0.15) is 17.7 Å². The number of allylic oxidation sites excluding steroid dienone is 2. The number of ether oxygens (including phenoxy) is 1. The van der Waals surface area contributed by atoms with Crippen LogP contribution in [0.2, 0.25) is 5.02 Å². The van der Waals surface area contributed by atoms with Crippen molar-refractivity contribution in [1.29, 1.82) is 0 Å². The lowest BCUT2D eigenvalue weighted by Gasteiger charge is -2.33. The summed E-state index contributed by atoms with van der Waals surface area (Å²) in [6.07, 6.45) is 7.02.